The topological polar surface area (TPSA) is 71.5 Å². The fourth-order valence-corrected chi connectivity index (χ4v) is 4.66. The van der Waals surface area contributed by atoms with Gasteiger partial charge in [-0.2, -0.15) is 0 Å². The summed E-state index contributed by atoms with van der Waals surface area (Å²) in [5, 5.41) is 9.80. The minimum Gasteiger partial charge on any atom is -0.486 e. The van der Waals surface area contributed by atoms with Gasteiger partial charge in [-0.25, -0.2) is 9.87 Å². The molecule has 2 saturated carbocycles. The van der Waals surface area contributed by atoms with Crippen LogP contribution in [0, 0.1) is 24.1 Å². The molecule has 3 aromatic rings. The van der Waals surface area contributed by atoms with Crippen LogP contribution in [-0.4, -0.2) is 16.1 Å². The van der Waals surface area contributed by atoms with Gasteiger partial charge in [-0.1, -0.05) is 24.3 Å². The number of amides is 1. The summed E-state index contributed by atoms with van der Waals surface area (Å²) in [7, 11) is 0. The van der Waals surface area contributed by atoms with E-state index in [1.54, 1.807) is 11.5 Å². The van der Waals surface area contributed by atoms with Crippen molar-refractivity contribution >= 4 is 16.8 Å². The number of aryl methyl sites for hydroxylation is 1. The van der Waals surface area contributed by atoms with E-state index in [4.69, 9.17) is 9.94 Å². The minimum absolute atomic E-state index is 0.0882. The van der Waals surface area contributed by atoms with Crippen LogP contribution >= 0.6 is 0 Å². The molecule has 29 heavy (non-hydrogen) atoms. The zero-order chi connectivity index (χ0) is 20.2. The molecule has 5 nitrogen and oxygen atoms in total. The van der Waals surface area contributed by atoms with Gasteiger partial charge in [-0.05, 0) is 60.9 Å². The standard InChI is InChI=1S/C23H21FN2O3/c1-13-8-15(16-4-2-3-5-20(16)25-13)12-29-21-7-6-14(9-19(21)24)17-10-23(17)11-18(23)22(27)26-28/h2-9,17-18,28H,10-12H2,1H3,(H,26,27)/t17-,18+,23+/m0/s1. The highest BCUT2D eigenvalue weighted by Gasteiger charge is 2.73. The van der Waals surface area contributed by atoms with Crippen molar-refractivity contribution in [2.75, 3.05) is 0 Å². The van der Waals surface area contributed by atoms with Gasteiger partial charge >= 0.3 is 0 Å². The molecule has 1 heterocycles. The Morgan fingerprint density at radius 3 is 2.90 bits per heavy atom. The van der Waals surface area contributed by atoms with Crippen LogP contribution in [0.15, 0.2) is 48.5 Å². The van der Waals surface area contributed by atoms with E-state index < -0.39 is 5.82 Å². The number of hydrogen-bond donors (Lipinski definition) is 2. The molecule has 0 saturated heterocycles. The Balaban J connectivity index is 1.31. The molecule has 0 radical (unpaired) electrons. The predicted molar refractivity (Wildman–Crippen MR) is 105 cm³/mol. The average Bonchev–Trinajstić information content (AvgIpc) is 3.63. The summed E-state index contributed by atoms with van der Waals surface area (Å²) in [6.45, 7) is 2.19. The van der Waals surface area contributed by atoms with Crippen LogP contribution in [0.5, 0.6) is 5.75 Å². The third-order valence-electron chi connectivity index (χ3n) is 6.33. The molecule has 1 spiro atoms. The molecule has 1 aromatic heterocycles. The summed E-state index contributed by atoms with van der Waals surface area (Å²) >= 11 is 0. The molecule has 3 atom stereocenters. The van der Waals surface area contributed by atoms with E-state index in [2.05, 4.69) is 4.98 Å². The van der Waals surface area contributed by atoms with Gasteiger partial charge in [0.2, 0.25) is 5.91 Å². The second-order valence-corrected chi connectivity index (χ2v) is 8.14. The Hall–Kier alpha value is -2.99. The fraction of sp³-hybridized carbons (Fsp3) is 0.304. The molecule has 2 fully saturated rings. The predicted octanol–water partition coefficient (Wildman–Crippen LogP) is 4.26. The summed E-state index contributed by atoms with van der Waals surface area (Å²) in [6, 6.07) is 14.8. The third kappa shape index (κ3) is 3.04. The van der Waals surface area contributed by atoms with Crippen LogP contribution in [0.2, 0.25) is 0 Å². The molecule has 2 aliphatic carbocycles. The number of ether oxygens (including phenoxy) is 1. The number of aromatic nitrogens is 1. The van der Waals surface area contributed by atoms with Crippen molar-refractivity contribution < 1.29 is 19.1 Å². The highest BCUT2D eigenvalue weighted by molar-refractivity contribution is 5.83. The first-order chi connectivity index (χ1) is 14.0. The smallest absolute Gasteiger partial charge is 0.247 e. The molecule has 0 aliphatic heterocycles. The fourth-order valence-electron chi connectivity index (χ4n) is 4.66. The maximum absolute atomic E-state index is 14.7. The van der Waals surface area contributed by atoms with E-state index in [0.29, 0.717) is 0 Å². The largest absolute Gasteiger partial charge is 0.486 e. The molecule has 2 aromatic carbocycles. The summed E-state index contributed by atoms with van der Waals surface area (Å²) < 4.78 is 20.5. The lowest BCUT2D eigenvalue weighted by Crippen LogP contribution is -2.21. The molecule has 148 valence electrons. The van der Waals surface area contributed by atoms with Crippen molar-refractivity contribution in [1.82, 2.24) is 10.5 Å². The number of halogens is 1. The normalized spacial score (nSPS) is 24.5. The van der Waals surface area contributed by atoms with Gasteiger partial charge in [0.05, 0.1) is 5.52 Å². The van der Waals surface area contributed by atoms with Crippen molar-refractivity contribution in [2.45, 2.75) is 32.3 Å². The Labute approximate surface area is 167 Å². The first-order valence-electron chi connectivity index (χ1n) is 9.73. The summed E-state index contributed by atoms with van der Waals surface area (Å²) in [5.41, 5.74) is 5.27. The van der Waals surface area contributed by atoms with E-state index >= 15 is 0 Å². The average molecular weight is 392 g/mol. The van der Waals surface area contributed by atoms with Crippen molar-refractivity contribution in [3.63, 3.8) is 0 Å². The van der Waals surface area contributed by atoms with Crippen molar-refractivity contribution in [3.05, 3.63) is 71.2 Å². The second kappa shape index (κ2) is 6.52. The third-order valence-corrected chi connectivity index (χ3v) is 6.33. The van der Waals surface area contributed by atoms with E-state index in [1.165, 1.54) is 6.07 Å². The van der Waals surface area contributed by atoms with E-state index in [-0.39, 0.29) is 35.5 Å². The molecular weight excluding hydrogens is 371 g/mol. The Kier molecular flexibility index (Phi) is 4.06. The Bertz CT molecular complexity index is 1130. The lowest BCUT2D eigenvalue weighted by molar-refractivity contribution is -0.130. The molecule has 1 amide bonds. The van der Waals surface area contributed by atoms with Gasteiger partial charge in [0.25, 0.3) is 0 Å². The number of carbonyl (C=O) groups excluding carboxylic acids is 1. The Morgan fingerprint density at radius 2 is 2.10 bits per heavy atom. The summed E-state index contributed by atoms with van der Waals surface area (Å²) in [4.78, 5) is 16.1. The first-order valence-corrected chi connectivity index (χ1v) is 9.73. The van der Waals surface area contributed by atoms with E-state index in [9.17, 15) is 9.18 Å². The van der Waals surface area contributed by atoms with E-state index in [1.807, 2.05) is 43.3 Å². The molecule has 0 unspecified atom stereocenters. The summed E-state index contributed by atoms with van der Waals surface area (Å²) in [6.07, 6.45) is 1.60. The van der Waals surface area contributed by atoms with Crippen LogP contribution in [0.4, 0.5) is 4.39 Å². The number of pyridine rings is 1. The number of para-hydroxylation sites is 1. The lowest BCUT2D eigenvalue weighted by atomic mass is 10.1. The minimum atomic E-state index is -0.400. The van der Waals surface area contributed by atoms with Crippen molar-refractivity contribution in [1.29, 1.82) is 0 Å². The maximum Gasteiger partial charge on any atom is 0.247 e. The van der Waals surface area contributed by atoms with Gasteiger partial charge in [0, 0.05) is 22.6 Å². The van der Waals surface area contributed by atoms with Crippen LogP contribution in [0.1, 0.15) is 35.6 Å². The van der Waals surface area contributed by atoms with Gasteiger partial charge < -0.3 is 4.74 Å². The lowest BCUT2D eigenvalue weighted by Gasteiger charge is -2.11. The highest BCUT2D eigenvalue weighted by atomic mass is 19.1. The van der Waals surface area contributed by atoms with Crippen LogP contribution in [0.3, 0.4) is 0 Å². The zero-order valence-electron chi connectivity index (χ0n) is 16.0. The molecule has 0 bridgehead atoms. The number of hydroxylamine groups is 1. The highest BCUT2D eigenvalue weighted by Crippen LogP contribution is 2.78. The maximum atomic E-state index is 14.7. The second-order valence-electron chi connectivity index (χ2n) is 8.14. The van der Waals surface area contributed by atoms with Crippen molar-refractivity contribution in [2.24, 2.45) is 11.3 Å². The number of carbonyl (C=O) groups is 1. The SMILES string of the molecule is Cc1cc(COc2ccc([C@@H]3C[C@@]34C[C@@H]4C(=O)NO)cc2F)c2ccccc2n1. The van der Waals surface area contributed by atoms with Crippen LogP contribution in [-0.2, 0) is 11.4 Å². The molecule has 2 aliphatic rings. The van der Waals surface area contributed by atoms with Crippen molar-refractivity contribution in [3.8, 4) is 5.75 Å². The number of fused-ring (bicyclic) bond motifs is 1. The Morgan fingerprint density at radius 1 is 1.28 bits per heavy atom. The number of hydrogen-bond acceptors (Lipinski definition) is 4. The van der Waals surface area contributed by atoms with Crippen LogP contribution in [0.25, 0.3) is 10.9 Å². The number of rotatable bonds is 5. The quantitative estimate of drug-likeness (QED) is 0.503. The molecule has 5 rings (SSSR count). The number of benzene rings is 2. The van der Waals surface area contributed by atoms with Crippen LogP contribution < -0.4 is 10.2 Å². The van der Waals surface area contributed by atoms with Gasteiger partial charge in [0.1, 0.15) is 6.61 Å². The van der Waals surface area contributed by atoms with E-state index in [0.717, 1.165) is 40.6 Å². The molecular formula is C23H21FN2O3. The zero-order valence-corrected chi connectivity index (χ0v) is 16.0. The molecule has 6 heteroatoms. The van der Waals surface area contributed by atoms with Gasteiger partial charge in [-0.3, -0.25) is 15.0 Å². The monoisotopic (exact) mass is 392 g/mol. The van der Waals surface area contributed by atoms with Gasteiger partial charge in [0.15, 0.2) is 11.6 Å². The molecule has 2 N–H and O–H groups in total. The summed E-state index contributed by atoms with van der Waals surface area (Å²) in [5.74, 6) is -0.529. The number of nitrogens with one attached hydrogen (secondary N) is 1. The van der Waals surface area contributed by atoms with Gasteiger partial charge in [-0.15, -0.1) is 0 Å². The first kappa shape index (κ1) is 18.1. The number of nitrogens with zero attached hydrogens (tertiary/aromatic N) is 1.